The molecule has 1 aromatic heterocycles. The largest absolute Gasteiger partial charge is 0.388 e. The lowest BCUT2D eigenvalue weighted by molar-refractivity contribution is -0.00967. The van der Waals surface area contributed by atoms with Crippen molar-refractivity contribution < 1.29 is 5.11 Å². The van der Waals surface area contributed by atoms with Gasteiger partial charge in [0.15, 0.2) is 0 Å². The Bertz CT molecular complexity index is 548. The van der Waals surface area contributed by atoms with Crippen LogP contribution in [-0.4, -0.2) is 41.8 Å². The number of para-hydroxylation sites is 1. The first-order chi connectivity index (χ1) is 10.7. The summed E-state index contributed by atoms with van der Waals surface area (Å²) in [4.78, 5) is 3.92. The van der Waals surface area contributed by atoms with E-state index in [2.05, 4.69) is 27.7 Å². The maximum absolute atomic E-state index is 10.7. The van der Waals surface area contributed by atoms with E-state index in [1.807, 2.05) is 41.7 Å². The van der Waals surface area contributed by atoms with Crippen LogP contribution in [0, 0.1) is 0 Å². The Morgan fingerprint density at radius 1 is 1.09 bits per heavy atom. The number of nitrogens with zero attached hydrogens (tertiary/aromatic N) is 1. The molecule has 2 N–H and O–H groups in total. The van der Waals surface area contributed by atoms with Gasteiger partial charge in [-0.2, -0.15) is 0 Å². The number of likely N-dealkylation sites (tertiary alicyclic amines) is 1. The van der Waals surface area contributed by atoms with Gasteiger partial charge in [0.1, 0.15) is 0 Å². The zero-order valence-electron chi connectivity index (χ0n) is 12.9. The van der Waals surface area contributed by atoms with Crippen LogP contribution in [0.15, 0.2) is 47.8 Å². The van der Waals surface area contributed by atoms with Crippen molar-refractivity contribution in [2.75, 3.05) is 31.5 Å². The first-order valence-corrected chi connectivity index (χ1v) is 8.88. The second-order valence-corrected chi connectivity index (χ2v) is 7.15. The zero-order chi connectivity index (χ0) is 15.3. The van der Waals surface area contributed by atoms with Crippen LogP contribution in [0.4, 0.5) is 5.69 Å². The predicted octanol–water partition coefficient (Wildman–Crippen LogP) is 3.23. The molecule has 0 atom stereocenters. The number of thiophene rings is 1. The molecule has 1 fully saturated rings. The minimum atomic E-state index is -0.574. The molecule has 3 nitrogen and oxygen atoms in total. The fourth-order valence-corrected chi connectivity index (χ4v) is 3.61. The fourth-order valence-electron chi connectivity index (χ4n) is 2.92. The Morgan fingerprint density at radius 3 is 2.55 bits per heavy atom. The average Bonchev–Trinajstić information content (AvgIpc) is 3.07. The number of hydrogen-bond donors (Lipinski definition) is 2. The van der Waals surface area contributed by atoms with E-state index in [4.69, 9.17) is 0 Å². The maximum Gasteiger partial charge on any atom is 0.0843 e. The molecular weight excluding hydrogens is 292 g/mol. The molecule has 0 aliphatic carbocycles. The van der Waals surface area contributed by atoms with Crippen LogP contribution in [0.1, 0.15) is 17.7 Å². The van der Waals surface area contributed by atoms with E-state index < -0.39 is 5.60 Å². The Balaban J connectivity index is 1.42. The summed E-state index contributed by atoms with van der Waals surface area (Å²) in [5.41, 5.74) is 0.506. The summed E-state index contributed by atoms with van der Waals surface area (Å²) >= 11 is 1.83. The van der Waals surface area contributed by atoms with Gasteiger partial charge in [0.25, 0.3) is 0 Å². The molecule has 0 spiro atoms. The summed E-state index contributed by atoms with van der Waals surface area (Å²) in [5.74, 6) is 0. The third kappa shape index (κ3) is 4.32. The van der Waals surface area contributed by atoms with Crippen molar-refractivity contribution in [1.29, 1.82) is 0 Å². The molecule has 4 heteroatoms. The van der Waals surface area contributed by atoms with Gasteiger partial charge >= 0.3 is 0 Å². The highest BCUT2D eigenvalue weighted by Crippen LogP contribution is 2.23. The number of rotatable bonds is 6. The Hall–Kier alpha value is -1.36. The quantitative estimate of drug-likeness (QED) is 0.859. The molecule has 1 saturated heterocycles. The molecule has 2 aromatic rings. The molecule has 118 valence electrons. The normalized spacial score (nSPS) is 18.2. The molecule has 0 radical (unpaired) electrons. The third-order valence-corrected chi connectivity index (χ3v) is 5.37. The lowest BCUT2D eigenvalue weighted by Gasteiger charge is -2.38. The summed E-state index contributed by atoms with van der Waals surface area (Å²) in [6.07, 6.45) is 2.81. The molecular formula is C18H24N2OS. The number of piperidine rings is 1. The Labute approximate surface area is 136 Å². The van der Waals surface area contributed by atoms with Crippen LogP contribution >= 0.6 is 11.3 Å². The number of nitrogens with one attached hydrogen (secondary N) is 1. The smallest absolute Gasteiger partial charge is 0.0843 e. The number of aliphatic hydroxyl groups is 1. The molecule has 0 unspecified atom stereocenters. The van der Waals surface area contributed by atoms with Gasteiger partial charge in [0.05, 0.1) is 5.60 Å². The van der Waals surface area contributed by atoms with Crippen LogP contribution in [0.25, 0.3) is 0 Å². The molecule has 0 amide bonds. The van der Waals surface area contributed by atoms with Gasteiger partial charge in [-0.05, 0) is 42.8 Å². The van der Waals surface area contributed by atoms with E-state index in [-0.39, 0.29) is 0 Å². The second kappa shape index (κ2) is 7.27. The average molecular weight is 316 g/mol. The van der Waals surface area contributed by atoms with Gasteiger partial charge in [0.2, 0.25) is 0 Å². The summed E-state index contributed by atoms with van der Waals surface area (Å²) in [5, 5.41) is 16.2. The van der Waals surface area contributed by atoms with Gasteiger partial charge in [-0.1, -0.05) is 24.3 Å². The van der Waals surface area contributed by atoms with E-state index >= 15 is 0 Å². The van der Waals surface area contributed by atoms with E-state index in [1.165, 1.54) is 4.88 Å². The van der Waals surface area contributed by atoms with Gasteiger partial charge < -0.3 is 15.3 Å². The summed E-state index contributed by atoms with van der Waals surface area (Å²) in [7, 11) is 0. The number of hydrogen-bond acceptors (Lipinski definition) is 4. The molecule has 0 saturated carbocycles. The van der Waals surface area contributed by atoms with Crippen LogP contribution in [0.3, 0.4) is 0 Å². The topological polar surface area (TPSA) is 35.5 Å². The van der Waals surface area contributed by atoms with E-state index in [0.717, 1.165) is 44.6 Å². The SMILES string of the molecule is OC1(CNc2ccccc2)CCN(CCc2cccs2)CC1. The summed E-state index contributed by atoms with van der Waals surface area (Å²) in [6.45, 7) is 3.70. The molecule has 0 bridgehead atoms. The molecule has 22 heavy (non-hydrogen) atoms. The number of anilines is 1. The van der Waals surface area contributed by atoms with Crippen molar-refractivity contribution in [3.8, 4) is 0 Å². The fraction of sp³-hybridized carbons (Fsp3) is 0.444. The Kier molecular flexibility index (Phi) is 5.13. The molecule has 1 aliphatic rings. The summed E-state index contributed by atoms with van der Waals surface area (Å²) < 4.78 is 0. The number of benzene rings is 1. The van der Waals surface area contributed by atoms with Crippen molar-refractivity contribution in [3.63, 3.8) is 0 Å². The minimum Gasteiger partial charge on any atom is -0.388 e. The van der Waals surface area contributed by atoms with Crippen LogP contribution in [0.2, 0.25) is 0 Å². The highest BCUT2D eigenvalue weighted by atomic mass is 32.1. The van der Waals surface area contributed by atoms with Gasteiger partial charge in [0, 0.05) is 36.7 Å². The van der Waals surface area contributed by atoms with Crippen molar-refractivity contribution in [2.24, 2.45) is 0 Å². The van der Waals surface area contributed by atoms with Crippen molar-refractivity contribution >= 4 is 17.0 Å². The van der Waals surface area contributed by atoms with E-state index in [1.54, 1.807) is 0 Å². The monoisotopic (exact) mass is 316 g/mol. The molecule has 1 aliphatic heterocycles. The van der Waals surface area contributed by atoms with Crippen molar-refractivity contribution in [3.05, 3.63) is 52.7 Å². The zero-order valence-corrected chi connectivity index (χ0v) is 13.7. The lowest BCUT2D eigenvalue weighted by Crippen LogP contribution is -2.48. The summed E-state index contributed by atoms with van der Waals surface area (Å²) in [6, 6.07) is 14.4. The lowest BCUT2D eigenvalue weighted by atomic mass is 9.91. The Morgan fingerprint density at radius 2 is 1.86 bits per heavy atom. The molecule has 2 heterocycles. The van der Waals surface area contributed by atoms with E-state index in [9.17, 15) is 5.11 Å². The first-order valence-electron chi connectivity index (χ1n) is 8.00. The first kappa shape index (κ1) is 15.5. The van der Waals surface area contributed by atoms with Crippen LogP contribution in [0.5, 0.6) is 0 Å². The van der Waals surface area contributed by atoms with Crippen molar-refractivity contribution in [2.45, 2.75) is 24.9 Å². The molecule has 1 aromatic carbocycles. The van der Waals surface area contributed by atoms with Crippen LogP contribution in [-0.2, 0) is 6.42 Å². The second-order valence-electron chi connectivity index (χ2n) is 6.11. The third-order valence-electron chi connectivity index (χ3n) is 4.44. The molecule has 3 rings (SSSR count). The maximum atomic E-state index is 10.7. The highest BCUT2D eigenvalue weighted by Gasteiger charge is 2.31. The van der Waals surface area contributed by atoms with Gasteiger partial charge in [-0.15, -0.1) is 11.3 Å². The highest BCUT2D eigenvalue weighted by molar-refractivity contribution is 7.09. The van der Waals surface area contributed by atoms with Crippen molar-refractivity contribution in [1.82, 2.24) is 4.90 Å². The minimum absolute atomic E-state index is 0.574. The standard InChI is InChI=1S/C18H24N2OS/c21-18(15-19-16-5-2-1-3-6-16)9-12-20(13-10-18)11-8-17-7-4-14-22-17/h1-7,14,19,21H,8-13,15H2. The van der Waals surface area contributed by atoms with E-state index in [0.29, 0.717) is 6.54 Å². The van der Waals surface area contributed by atoms with Gasteiger partial charge in [-0.3, -0.25) is 0 Å². The predicted molar refractivity (Wildman–Crippen MR) is 93.6 cm³/mol. The van der Waals surface area contributed by atoms with Crippen LogP contribution < -0.4 is 5.32 Å². The van der Waals surface area contributed by atoms with Gasteiger partial charge in [-0.25, -0.2) is 0 Å².